The average Bonchev–Trinajstić information content (AvgIpc) is 2.36. The molecule has 1 saturated heterocycles. The quantitative estimate of drug-likeness (QED) is 0.696. The summed E-state index contributed by atoms with van der Waals surface area (Å²) in [6.07, 6.45) is 2.05. The summed E-state index contributed by atoms with van der Waals surface area (Å²) in [7, 11) is 1.72. The highest BCUT2D eigenvalue weighted by molar-refractivity contribution is 5.80. The van der Waals surface area contributed by atoms with Crippen LogP contribution in [0.3, 0.4) is 0 Å². The molecule has 0 aromatic rings. The van der Waals surface area contributed by atoms with E-state index in [4.69, 9.17) is 10.1 Å². The van der Waals surface area contributed by atoms with Gasteiger partial charge in [0, 0.05) is 26.6 Å². The molecule has 0 spiro atoms. The number of ether oxygens (including phenoxy) is 1. The molecule has 0 unspecified atom stereocenters. The minimum Gasteiger partial charge on any atom is -0.377 e. The Kier molecular flexibility index (Phi) is 2.73. The normalized spacial score (nSPS) is 18.9. The van der Waals surface area contributed by atoms with Gasteiger partial charge in [0.2, 0.25) is 0 Å². The maximum absolute atomic E-state index is 7.63. The van der Waals surface area contributed by atoms with Crippen molar-refractivity contribution in [2.24, 2.45) is 0 Å². The van der Waals surface area contributed by atoms with Crippen LogP contribution >= 0.6 is 0 Å². The molecule has 0 bridgehead atoms. The van der Waals surface area contributed by atoms with E-state index in [1.165, 1.54) is 0 Å². The second kappa shape index (κ2) is 3.44. The summed E-state index contributed by atoms with van der Waals surface area (Å²) in [4.78, 5) is 2.10. The van der Waals surface area contributed by atoms with Crippen LogP contribution in [0.5, 0.6) is 0 Å². The summed E-state index contributed by atoms with van der Waals surface area (Å²) < 4.78 is 5.31. The van der Waals surface area contributed by atoms with Crippen molar-refractivity contribution in [1.29, 1.82) is 5.41 Å². The SMILES string of the molecule is COC(C)(C)CN1CCCC1=N. The van der Waals surface area contributed by atoms with Crippen LogP contribution in [-0.4, -0.2) is 36.5 Å². The van der Waals surface area contributed by atoms with Crippen molar-refractivity contribution in [3.63, 3.8) is 0 Å². The number of methoxy groups -OCH3 is 1. The molecule has 1 fully saturated rings. The van der Waals surface area contributed by atoms with Gasteiger partial charge < -0.3 is 9.64 Å². The van der Waals surface area contributed by atoms with Crippen LogP contribution in [-0.2, 0) is 4.74 Å². The number of hydrogen-bond donors (Lipinski definition) is 1. The fraction of sp³-hybridized carbons (Fsp3) is 0.889. The molecule has 70 valence electrons. The Balaban J connectivity index is 2.45. The number of likely N-dealkylation sites (tertiary alicyclic amines) is 1. The molecule has 1 aliphatic rings. The van der Waals surface area contributed by atoms with Gasteiger partial charge in [0.1, 0.15) is 0 Å². The summed E-state index contributed by atoms with van der Waals surface area (Å²) in [5.74, 6) is 0.764. The Hall–Kier alpha value is -0.570. The van der Waals surface area contributed by atoms with Crippen LogP contribution in [0.25, 0.3) is 0 Å². The molecule has 1 aliphatic heterocycles. The standard InChI is InChI=1S/C9H18N2O/c1-9(2,12-3)7-11-6-4-5-8(11)10/h10H,4-7H2,1-3H3. The van der Waals surface area contributed by atoms with Crippen LogP contribution in [0, 0.1) is 5.41 Å². The Bertz CT molecular complexity index is 177. The van der Waals surface area contributed by atoms with Crippen molar-refractivity contribution in [1.82, 2.24) is 4.90 Å². The first-order valence-electron chi connectivity index (χ1n) is 4.43. The van der Waals surface area contributed by atoms with Crippen molar-refractivity contribution in [2.75, 3.05) is 20.2 Å². The van der Waals surface area contributed by atoms with Gasteiger partial charge in [-0.3, -0.25) is 5.41 Å². The van der Waals surface area contributed by atoms with Crippen LogP contribution < -0.4 is 0 Å². The molecular formula is C9H18N2O. The molecule has 0 amide bonds. The number of hydrogen-bond acceptors (Lipinski definition) is 2. The number of amidine groups is 1. The molecule has 0 saturated carbocycles. The van der Waals surface area contributed by atoms with Gasteiger partial charge in [0.05, 0.1) is 11.4 Å². The van der Waals surface area contributed by atoms with Gasteiger partial charge in [-0.25, -0.2) is 0 Å². The summed E-state index contributed by atoms with van der Waals surface area (Å²) in [6, 6.07) is 0. The predicted molar refractivity (Wildman–Crippen MR) is 49.6 cm³/mol. The topological polar surface area (TPSA) is 36.3 Å². The maximum Gasteiger partial charge on any atom is 0.0959 e. The zero-order valence-electron chi connectivity index (χ0n) is 8.18. The molecule has 0 aromatic carbocycles. The number of rotatable bonds is 3. The van der Waals surface area contributed by atoms with E-state index >= 15 is 0 Å². The molecular weight excluding hydrogens is 152 g/mol. The predicted octanol–water partition coefficient (Wildman–Crippen LogP) is 1.48. The van der Waals surface area contributed by atoms with Gasteiger partial charge in [0.15, 0.2) is 0 Å². The van der Waals surface area contributed by atoms with Gasteiger partial charge in [-0.2, -0.15) is 0 Å². The molecule has 3 heteroatoms. The van der Waals surface area contributed by atoms with Crippen LogP contribution in [0.2, 0.25) is 0 Å². The highest BCUT2D eigenvalue weighted by Gasteiger charge is 2.25. The first-order chi connectivity index (χ1) is 5.55. The van der Waals surface area contributed by atoms with E-state index < -0.39 is 0 Å². The fourth-order valence-corrected chi connectivity index (χ4v) is 1.43. The van der Waals surface area contributed by atoms with E-state index in [0.29, 0.717) is 0 Å². The molecule has 1 rings (SSSR count). The molecule has 0 radical (unpaired) electrons. The Morgan fingerprint density at radius 3 is 2.67 bits per heavy atom. The lowest BCUT2D eigenvalue weighted by Gasteiger charge is -2.29. The van der Waals surface area contributed by atoms with Gasteiger partial charge in [-0.15, -0.1) is 0 Å². The third kappa shape index (κ3) is 2.21. The van der Waals surface area contributed by atoms with Gasteiger partial charge in [0.25, 0.3) is 0 Å². The third-order valence-electron chi connectivity index (χ3n) is 2.35. The second-order valence-corrected chi connectivity index (χ2v) is 3.94. The van der Waals surface area contributed by atoms with E-state index in [9.17, 15) is 0 Å². The second-order valence-electron chi connectivity index (χ2n) is 3.94. The number of nitrogens with zero attached hydrogens (tertiary/aromatic N) is 1. The first-order valence-corrected chi connectivity index (χ1v) is 4.43. The molecule has 1 heterocycles. The largest absolute Gasteiger partial charge is 0.377 e. The summed E-state index contributed by atoms with van der Waals surface area (Å²) in [5, 5.41) is 7.63. The molecule has 12 heavy (non-hydrogen) atoms. The molecule has 0 aliphatic carbocycles. The monoisotopic (exact) mass is 170 g/mol. The van der Waals surface area contributed by atoms with Crippen molar-refractivity contribution in [2.45, 2.75) is 32.3 Å². The number of nitrogens with one attached hydrogen (secondary N) is 1. The van der Waals surface area contributed by atoms with Gasteiger partial charge >= 0.3 is 0 Å². The van der Waals surface area contributed by atoms with Crippen molar-refractivity contribution in [3.8, 4) is 0 Å². The zero-order valence-corrected chi connectivity index (χ0v) is 8.18. The van der Waals surface area contributed by atoms with Gasteiger partial charge in [-0.05, 0) is 20.3 Å². The average molecular weight is 170 g/mol. The fourth-order valence-electron chi connectivity index (χ4n) is 1.43. The first kappa shape index (κ1) is 9.52. The maximum atomic E-state index is 7.63. The van der Waals surface area contributed by atoms with E-state index in [-0.39, 0.29) is 5.60 Å². The van der Waals surface area contributed by atoms with E-state index in [1.54, 1.807) is 7.11 Å². The Labute approximate surface area is 74.2 Å². The van der Waals surface area contributed by atoms with Crippen LogP contribution in [0.1, 0.15) is 26.7 Å². The lowest BCUT2D eigenvalue weighted by Crippen LogP contribution is -2.40. The van der Waals surface area contributed by atoms with E-state index in [1.807, 2.05) is 0 Å². The van der Waals surface area contributed by atoms with E-state index in [0.717, 1.165) is 31.8 Å². The van der Waals surface area contributed by atoms with Crippen LogP contribution in [0.4, 0.5) is 0 Å². The summed E-state index contributed by atoms with van der Waals surface area (Å²) >= 11 is 0. The summed E-state index contributed by atoms with van der Waals surface area (Å²) in [6.45, 7) is 5.96. The molecule has 0 aromatic heterocycles. The Morgan fingerprint density at radius 2 is 2.25 bits per heavy atom. The van der Waals surface area contributed by atoms with Crippen LogP contribution in [0.15, 0.2) is 0 Å². The van der Waals surface area contributed by atoms with E-state index in [2.05, 4.69) is 18.7 Å². The zero-order chi connectivity index (χ0) is 9.19. The Morgan fingerprint density at radius 1 is 1.58 bits per heavy atom. The van der Waals surface area contributed by atoms with Crippen molar-refractivity contribution >= 4 is 5.84 Å². The molecule has 1 N–H and O–H groups in total. The minimum atomic E-state index is -0.128. The molecule has 0 atom stereocenters. The molecule has 3 nitrogen and oxygen atoms in total. The van der Waals surface area contributed by atoms with Gasteiger partial charge in [-0.1, -0.05) is 0 Å². The highest BCUT2D eigenvalue weighted by atomic mass is 16.5. The third-order valence-corrected chi connectivity index (χ3v) is 2.35. The highest BCUT2D eigenvalue weighted by Crippen LogP contribution is 2.16. The minimum absolute atomic E-state index is 0.128. The smallest absolute Gasteiger partial charge is 0.0959 e. The lowest BCUT2D eigenvalue weighted by atomic mass is 10.1. The lowest BCUT2D eigenvalue weighted by molar-refractivity contribution is 0.00750. The van der Waals surface area contributed by atoms with Crippen molar-refractivity contribution < 1.29 is 4.74 Å². The van der Waals surface area contributed by atoms with Crippen molar-refractivity contribution in [3.05, 3.63) is 0 Å². The summed E-state index contributed by atoms with van der Waals surface area (Å²) in [5.41, 5.74) is -0.128.